The molecule has 218 valence electrons. The van der Waals surface area contributed by atoms with E-state index < -0.39 is 12.6 Å². The van der Waals surface area contributed by atoms with Crippen molar-refractivity contribution in [1.29, 1.82) is 0 Å². The summed E-state index contributed by atoms with van der Waals surface area (Å²) in [5.41, 5.74) is 0. The largest absolute Gasteiger partial charge is 0.434 e. The fourth-order valence-electron chi connectivity index (χ4n) is 7.06. The zero-order chi connectivity index (χ0) is 27.4. The second-order valence-corrected chi connectivity index (χ2v) is 13.2. The Hall–Kier alpha value is -1.22. The SMILES string of the molecule is CC(C)[C@@H]1CC[C@@H](C)C[C@H]1O[C@@H]1OC(=O)C[C@H]1NCCN[C@@H]1CC(=O)O[C@H]1O[C@@H]1C[C@H](C)CC[C@H]1C(C)C. The van der Waals surface area contributed by atoms with Crippen LogP contribution in [0.2, 0.25) is 0 Å². The smallest absolute Gasteiger partial charge is 0.309 e. The Kier molecular flexibility index (Phi) is 10.5. The number of hydrogen-bond acceptors (Lipinski definition) is 8. The Morgan fingerprint density at radius 3 is 1.47 bits per heavy atom. The van der Waals surface area contributed by atoms with E-state index >= 15 is 0 Å². The third kappa shape index (κ3) is 7.70. The van der Waals surface area contributed by atoms with Gasteiger partial charge in [-0.3, -0.25) is 9.59 Å². The molecule has 0 aromatic carbocycles. The van der Waals surface area contributed by atoms with Crippen LogP contribution in [0.15, 0.2) is 0 Å². The highest BCUT2D eigenvalue weighted by Gasteiger charge is 2.42. The maximum absolute atomic E-state index is 12.2. The first kappa shape index (κ1) is 29.8. The minimum Gasteiger partial charge on any atom is -0.434 e. The van der Waals surface area contributed by atoms with E-state index in [1.54, 1.807) is 0 Å². The lowest BCUT2D eigenvalue weighted by Crippen LogP contribution is -2.48. The molecule has 4 fully saturated rings. The van der Waals surface area contributed by atoms with Crippen LogP contribution >= 0.6 is 0 Å². The normalized spacial score (nSPS) is 40.1. The molecule has 2 saturated heterocycles. The van der Waals surface area contributed by atoms with E-state index in [1.165, 1.54) is 12.8 Å². The number of nitrogens with one attached hydrogen (secondary N) is 2. The number of ether oxygens (including phenoxy) is 4. The molecule has 2 aliphatic heterocycles. The first-order valence-electron chi connectivity index (χ1n) is 15.3. The molecule has 38 heavy (non-hydrogen) atoms. The molecule has 2 heterocycles. The van der Waals surface area contributed by atoms with Gasteiger partial charge in [0.15, 0.2) is 0 Å². The minimum atomic E-state index is -0.548. The maximum atomic E-state index is 12.2. The van der Waals surface area contributed by atoms with Crippen molar-refractivity contribution >= 4 is 11.9 Å². The second-order valence-electron chi connectivity index (χ2n) is 13.2. The minimum absolute atomic E-state index is 0.119. The summed E-state index contributed by atoms with van der Waals surface area (Å²) in [5, 5.41) is 6.93. The molecule has 0 unspecified atom stereocenters. The van der Waals surface area contributed by atoms with Gasteiger partial charge in [-0.25, -0.2) is 0 Å². The first-order valence-corrected chi connectivity index (χ1v) is 15.3. The number of hydrogen-bond donors (Lipinski definition) is 2. The van der Waals surface area contributed by atoms with E-state index in [0.717, 1.165) is 25.7 Å². The predicted molar refractivity (Wildman–Crippen MR) is 145 cm³/mol. The molecule has 10 atom stereocenters. The van der Waals surface area contributed by atoms with E-state index in [2.05, 4.69) is 52.2 Å². The topological polar surface area (TPSA) is 95.1 Å². The van der Waals surface area contributed by atoms with Gasteiger partial charge in [-0.1, -0.05) is 54.4 Å². The van der Waals surface area contributed by atoms with Crippen LogP contribution in [0.25, 0.3) is 0 Å². The third-order valence-electron chi connectivity index (χ3n) is 9.40. The van der Waals surface area contributed by atoms with Gasteiger partial charge in [-0.15, -0.1) is 0 Å². The summed E-state index contributed by atoms with van der Waals surface area (Å²) in [5.74, 6) is 2.90. The van der Waals surface area contributed by atoms with Gasteiger partial charge < -0.3 is 29.6 Å². The maximum Gasteiger partial charge on any atom is 0.309 e. The van der Waals surface area contributed by atoms with Crippen LogP contribution in [-0.4, -0.2) is 61.9 Å². The Balaban J connectivity index is 1.26. The molecular weight excluding hydrogens is 484 g/mol. The van der Waals surface area contributed by atoms with Crippen LogP contribution in [-0.2, 0) is 28.5 Å². The van der Waals surface area contributed by atoms with Gasteiger partial charge >= 0.3 is 11.9 Å². The van der Waals surface area contributed by atoms with Crippen molar-refractivity contribution in [3.8, 4) is 0 Å². The highest BCUT2D eigenvalue weighted by molar-refractivity contribution is 5.73. The summed E-state index contributed by atoms with van der Waals surface area (Å²) in [6.07, 6.45) is 6.58. The Morgan fingerprint density at radius 1 is 0.711 bits per heavy atom. The van der Waals surface area contributed by atoms with Crippen LogP contribution in [0.4, 0.5) is 0 Å². The molecule has 4 aliphatic rings. The highest BCUT2D eigenvalue weighted by Crippen LogP contribution is 2.38. The van der Waals surface area contributed by atoms with Crippen LogP contribution in [0, 0.1) is 35.5 Å². The summed E-state index contributed by atoms with van der Waals surface area (Å²) < 4.78 is 24.1. The van der Waals surface area contributed by atoms with Gasteiger partial charge in [0.25, 0.3) is 0 Å². The van der Waals surface area contributed by atoms with Crippen LogP contribution < -0.4 is 10.6 Å². The first-order chi connectivity index (χ1) is 18.1. The lowest BCUT2D eigenvalue weighted by atomic mass is 9.75. The molecule has 2 N–H and O–H groups in total. The molecule has 8 nitrogen and oxygen atoms in total. The van der Waals surface area contributed by atoms with Crippen molar-refractivity contribution in [3.63, 3.8) is 0 Å². The van der Waals surface area contributed by atoms with Crippen molar-refractivity contribution in [2.24, 2.45) is 35.5 Å². The molecule has 0 bridgehead atoms. The summed E-state index contributed by atoms with van der Waals surface area (Å²) in [4.78, 5) is 24.3. The van der Waals surface area contributed by atoms with Gasteiger partial charge in [-0.05, 0) is 61.2 Å². The molecule has 4 rings (SSSR count). The second kappa shape index (κ2) is 13.4. The molecule has 2 aliphatic carbocycles. The summed E-state index contributed by atoms with van der Waals surface area (Å²) in [6, 6.07) is -0.336. The highest BCUT2D eigenvalue weighted by atomic mass is 16.7. The van der Waals surface area contributed by atoms with Gasteiger partial charge in [0.2, 0.25) is 12.6 Å². The molecule has 8 heteroatoms. The summed E-state index contributed by atoms with van der Waals surface area (Å²) >= 11 is 0. The lowest BCUT2D eigenvalue weighted by Gasteiger charge is -2.39. The average molecular weight is 537 g/mol. The Bertz CT molecular complexity index is 727. The van der Waals surface area contributed by atoms with Crippen molar-refractivity contribution in [2.75, 3.05) is 13.1 Å². The molecule has 0 radical (unpaired) electrons. The fourth-order valence-corrected chi connectivity index (χ4v) is 7.06. The molecular formula is C30H52N2O6. The average Bonchev–Trinajstić information content (AvgIpc) is 3.36. The van der Waals surface area contributed by atoms with Crippen molar-refractivity contribution in [1.82, 2.24) is 10.6 Å². The predicted octanol–water partition coefficient (Wildman–Crippen LogP) is 4.40. The zero-order valence-electron chi connectivity index (χ0n) is 24.4. The quantitative estimate of drug-likeness (QED) is 0.296. The molecule has 0 aromatic rings. The van der Waals surface area contributed by atoms with E-state index in [9.17, 15) is 9.59 Å². The lowest BCUT2D eigenvalue weighted by molar-refractivity contribution is -0.192. The molecule has 2 saturated carbocycles. The fraction of sp³-hybridized carbons (Fsp3) is 0.933. The van der Waals surface area contributed by atoms with Gasteiger partial charge in [-0.2, -0.15) is 0 Å². The van der Waals surface area contributed by atoms with Gasteiger partial charge in [0.05, 0.1) is 37.1 Å². The van der Waals surface area contributed by atoms with Crippen molar-refractivity contribution in [3.05, 3.63) is 0 Å². The van der Waals surface area contributed by atoms with Gasteiger partial charge in [0.1, 0.15) is 0 Å². The van der Waals surface area contributed by atoms with Crippen LogP contribution in [0.1, 0.15) is 92.9 Å². The third-order valence-corrected chi connectivity index (χ3v) is 9.40. The van der Waals surface area contributed by atoms with Crippen LogP contribution in [0.5, 0.6) is 0 Å². The van der Waals surface area contributed by atoms with Crippen molar-refractivity contribution in [2.45, 2.75) is 130 Å². The zero-order valence-corrected chi connectivity index (χ0v) is 24.4. The summed E-state index contributed by atoms with van der Waals surface area (Å²) in [6.45, 7) is 14.8. The molecule has 0 aromatic heterocycles. The molecule has 0 amide bonds. The van der Waals surface area contributed by atoms with E-state index in [-0.39, 0.29) is 36.2 Å². The Labute approximate surface area is 229 Å². The number of rotatable bonds is 11. The van der Waals surface area contributed by atoms with E-state index in [4.69, 9.17) is 18.9 Å². The molecule has 0 spiro atoms. The standard InChI is InChI=1S/C30H52N2O6/c1-17(2)21-9-7-19(5)13-25(21)35-29-23(15-27(33)37-29)31-11-12-32-24-16-28(34)38-30(24)36-26-14-20(6)8-10-22(26)18(3)4/h17-26,29-32H,7-16H2,1-6H3/t19-,20-,21+,22+,23-,24-,25-,26-,29-,30-/m1/s1. The number of carbonyl (C=O) groups excluding carboxylic acids is 2. The summed E-state index contributed by atoms with van der Waals surface area (Å²) in [7, 11) is 0. The van der Waals surface area contributed by atoms with Crippen LogP contribution in [0.3, 0.4) is 0 Å². The van der Waals surface area contributed by atoms with E-state index in [0.29, 0.717) is 61.4 Å². The van der Waals surface area contributed by atoms with Crippen molar-refractivity contribution < 1.29 is 28.5 Å². The van der Waals surface area contributed by atoms with Gasteiger partial charge in [0, 0.05) is 13.1 Å². The Morgan fingerprint density at radius 2 is 1.11 bits per heavy atom. The number of esters is 2. The van der Waals surface area contributed by atoms with E-state index in [1.807, 2.05) is 0 Å². The monoisotopic (exact) mass is 536 g/mol. The number of carbonyl (C=O) groups is 2. The number of cyclic esters (lactones) is 2.